The van der Waals surface area contributed by atoms with E-state index in [1.54, 1.807) is 19.1 Å². The number of hydrogen-bond acceptors (Lipinski definition) is 3. The first kappa shape index (κ1) is 13.0. The van der Waals surface area contributed by atoms with Crippen LogP contribution in [0.5, 0.6) is 5.88 Å². The second kappa shape index (κ2) is 5.48. The Morgan fingerprint density at radius 2 is 2.05 bits per heavy atom. The number of nitrogens with zero attached hydrogens (tertiary/aromatic N) is 1. The van der Waals surface area contributed by atoms with Crippen molar-refractivity contribution in [1.82, 2.24) is 4.98 Å². The van der Waals surface area contributed by atoms with Crippen LogP contribution in [-0.4, -0.2) is 22.7 Å². The van der Waals surface area contributed by atoms with Crippen molar-refractivity contribution in [1.29, 1.82) is 0 Å². The van der Waals surface area contributed by atoms with Crippen LogP contribution < -0.4 is 4.74 Å². The van der Waals surface area contributed by atoms with Gasteiger partial charge in [-0.1, -0.05) is 12.1 Å². The molecule has 1 aromatic carbocycles. The maximum Gasteiger partial charge on any atom is 0.338 e. The third kappa shape index (κ3) is 2.54. The van der Waals surface area contributed by atoms with Gasteiger partial charge in [-0.05, 0) is 25.1 Å². The molecule has 5 heteroatoms. The highest BCUT2D eigenvalue weighted by Crippen LogP contribution is 2.31. The molecule has 1 N–H and O–H groups in total. The maximum absolute atomic E-state index is 14.2. The number of ether oxygens (including phenoxy) is 1. The Bertz CT molecular complexity index is 613. The van der Waals surface area contributed by atoms with Crippen LogP contribution in [0.15, 0.2) is 36.5 Å². The van der Waals surface area contributed by atoms with Crippen molar-refractivity contribution in [2.45, 2.75) is 6.92 Å². The highest BCUT2D eigenvalue weighted by molar-refractivity contribution is 5.90. The highest BCUT2D eigenvalue weighted by atomic mass is 19.1. The number of rotatable bonds is 4. The number of pyridine rings is 1. The zero-order valence-corrected chi connectivity index (χ0v) is 10.3. The molecule has 1 aromatic heterocycles. The van der Waals surface area contributed by atoms with Crippen molar-refractivity contribution in [2.24, 2.45) is 0 Å². The molecule has 0 bridgehead atoms. The van der Waals surface area contributed by atoms with Crippen LogP contribution in [0.3, 0.4) is 0 Å². The van der Waals surface area contributed by atoms with Gasteiger partial charge >= 0.3 is 5.97 Å². The summed E-state index contributed by atoms with van der Waals surface area (Å²) in [5.74, 6) is -1.81. The lowest BCUT2D eigenvalue weighted by Crippen LogP contribution is -2.03. The summed E-state index contributed by atoms with van der Waals surface area (Å²) in [6.45, 7) is 2.19. The van der Waals surface area contributed by atoms with E-state index in [0.717, 1.165) is 0 Å². The Kier molecular flexibility index (Phi) is 3.75. The second-order valence-electron chi connectivity index (χ2n) is 3.76. The van der Waals surface area contributed by atoms with Gasteiger partial charge in [-0.2, -0.15) is 0 Å². The molecule has 0 fully saturated rings. The summed E-state index contributed by atoms with van der Waals surface area (Å²) in [4.78, 5) is 15.0. The van der Waals surface area contributed by atoms with Crippen molar-refractivity contribution in [3.63, 3.8) is 0 Å². The molecule has 2 rings (SSSR count). The summed E-state index contributed by atoms with van der Waals surface area (Å²) >= 11 is 0. The number of carboxylic acid groups (broad SMARTS) is 1. The lowest BCUT2D eigenvalue weighted by molar-refractivity contribution is 0.0692. The molecular formula is C14H12FNO3. The fourth-order valence-electron chi connectivity index (χ4n) is 1.75. The van der Waals surface area contributed by atoms with Crippen molar-refractivity contribution < 1.29 is 19.0 Å². The van der Waals surface area contributed by atoms with Crippen molar-refractivity contribution >= 4 is 5.97 Å². The van der Waals surface area contributed by atoms with E-state index in [-0.39, 0.29) is 17.0 Å². The minimum absolute atomic E-state index is 0.163. The van der Waals surface area contributed by atoms with Gasteiger partial charge in [0.25, 0.3) is 0 Å². The van der Waals surface area contributed by atoms with Crippen LogP contribution in [-0.2, 0) is 0 Å². The SMILES string of the molecule is CCOc1ncccc1-c1cccc(C(=O)O)c1F. The summed E-state index contributed by atoms with van der Waals surface area (Å²) in [7, 11) is 0. The fraction of sp³-hybridized carbons (Fsp3) is 0.143. The molecule has 98 valence electrons. The molecular weight excluding hydrogens is 249 g/mol. The van der Waals surface area contributed by atoms with Crippen molar-refractivity contribution in [3.05, 3.63) is 47.9 Å². The molecule has 0 spiro atoms. The largest absolute Gasteiger partial charge is 0.478 e. The van der Waals surface area contributed by atoms with Crippen LogP contribution in [0, 0.1) is 5.82 Å². The molecule has 0 aliphatic heterocycles. The smallest absolute Gasteiger partial charge is 0.338 e. The lowest BCUT2D eigenvalue weighted by atomic mass is 10.0. The van der Waals surface area contributed by atoms with Gasteiger partial charge in [0.1, 0.15) is 5.82 Å². The van der Waals surface area contributed by atoms with Crippen molar-refractivity contribution in [3.8, 4) is 17.0 Å². The van der Waals surface area contributed by atoms with Crippen LogP contribution in [0.2, 0.25) is 0 Å². The third-order valence-electron chi connectivity index (χ3n) is 2.57. The zero-order chi connectivity index (χ0) is 13.8. The van der Waals surface area contributed by atoms with Crippen LogP contribution in [0.4, 0.5) is 4.39 Å². The summed E-state index contributed by atoms with van der Waals surface area (Å²) in [5.41, 5.74) is 0.227. The Hall–Kier alpha value is -2.43. The second-order valence-corrected chi connectivity index (χ2v) is 3.76. The standard InChI is InChI=1S/C14H12FNO3/c1-2-19-13-10(7-4-8-16-13)9-5-3-6-11(12(9)15)14(17)18/h3-8H,2H2,1H3,(H,17,18). The number of carbonyl (C=O) groups is 1. The molecule has 0 unspecified atom stereocenters. The molecule has 1 heterocycles. The molecule has 0 amide bonds. The lowest BCUT2D eigenvalue weighted by Gasteiger charge is -2.10. The normalized spacial score (nSPS) is 10.2. The van der Waals surface area contributed by atoms with Gasteiger partial charge in [-0.3, -0.25) is 0 Å². The average Bonchev–Trinajstić information content (AvgIpc) is 2.40. The minimum atomic E-state index is -1.30. The van der Waals surface area contributed by atoms with E-state index in [0.29, 0.717) is 12.2 Å². The Labute approximate surface area is 109 Å². The zero-order valence-electron chi connectivity index (χ0n) is 10.3. The molecule has 4 nitrogen and oxygen atoms in total. The first-order valence-electron chi connectivity index (χ1n) is 5.75. The maximum atomic E-state index is 14.2. The number of aromatic carboxylic acids is 1. The van der Waals surface area contributed by atoms with E-state index < -0.39 is 11.8 Å². The van der Waals surface area contributed by atoms with E-state index in [1.807, 2.05) is 0 Å². The van der Waals surface area contributed by atoms with Gasteiger partial charge in [-0.25, -0.2) is 14.2 Å². The molecule has 0 saturated carbocycles. The van der Waals surface area contributed by atoms with Gasteiger partial charge in [0.15, 0.2) is 0 Å². The van der Waals surface area contributed by atoms with Crippen LogP contribution in [0.1, 0.15) is 17.3 Å². The summed E-state index contributed by atoms with van der Waals surface area (Å²) in [6, 6.07) is 7.50. The summed E-state index contributed by atoms with van der Waals surface area (Å²) < 4.78 is 19.5. The van der Waals surface area contributed by atoms with Gasteiger partial charge in [0.2, 0.25) is 5.88 Å². The Balaban J connectivity index is 2.59. The molecule has 0 saturated heterocycles. The van der Waals surface area contributed by atoms with E-state index in [9.17, 15) is 9.18 Å². The predicted molar refractivity (Wildman–Crippen MR) is 67.8 cm³/mol. The van der Waals surface area contributed by atoms with Gasteiger partial charge in [0.05, 0.1) is 12.2 Å². The number of benzene rings is 1. The van der Waals surface area contributed by atoms with Crippen molar-refractivity contribution in [2.75, 3.05) is 6.61 Å². The fourth-order valence-corrected chi connectivity index (χ4v) is 1.75. The summed E-state index contributed by atoms with van der Waals surface area (Å²) in [6.07, 6.45) is 1.54. The molecule has 2 aromatic rings. The van der Waals surface area contributed by atoms with Crippen LogP contribution in [0.25, 0.3) is 11.1 Å². The molecule has 0 aliphatic carbocycles. The first-order chi connectivity index (χ1) is 9.15. The van der Waals surface area contributed by atoms with E-state index in [1.165, 1.54) is 24.4 Å². The average molecular weight is 261 g/mol. The summed E-state index contributed by atoms with van der Waals surface area (Å²) in [5, 5.41) is 8.92. The minimum Gasteiger partial charge on any atom is -0.478 e. The number of aromatic nitrogens is 1. The quantitative estimate of drug-likeness (QED) is 0.919. The predicted octanol–water partition coefficient (Wildman–Crippen LogP) is 2.98. The van der Waals surface area contributed by atoms with E-state index in [2.05, 4.69) is 4.98 Å². The van der Waals surface area contributed by atoms with Gasteiger partial charge in [-0.15, -0.1) is 0 Å². The molecule has 19 heavy (non-hydrogen) atoms. The van der Waals surface area contributed by atoms with Crippen LogP contribution >= 0.6 is 0 Å². The molecule has 0 aliphatic rings. The number of hydrogen-bond donors (Lipinski definition) is 1. The Morgan fingerprint density at radius 3 is 2.74 bits per heavy atom. The number of carboxylic acids is 1. The monoisotopic (exact) mass is 261 g/mol. The topological polar surface area (TPSA) is 59.4 Å². The molecule has 0 atom stereocenters. The Morgan fingerprint density at radius 1 is 1.32 bits per heavy atom. The third-order valence-corrected chi connectivity index (χ3v) is 2.57. The van der Waals surface area contributed by atoms with E-state index in [4.69, 9.17) is 9.84 Å². The van der Waals surface area contributed by atoms with Gasteiger partial charge < -0.3 is 9.84 Å². The van der Waals surface area contributed by atoms with E-state index >= 15 is 0 Å². The first-order valence-corrected chi connectivity index (χ1v) is 5.75. The highest BCUT2D eigenvalue weighted by Gasteiger charge is 2.17. The van der Waals surface area contributed by atoms with Gasteiger partial charge in [0, 0.05) is 17.3 Å². The molecule has 0 radical (unpaired) electrons. The number of halogens is 1.